The van der Waals surface area contributed by atoms with Crippen LogP contribution in [0.3, 0.4) is 0 Å². The maximum atomic E-state index is 14.4. The van der Waals surface area contributed by atoms with Crippen molar-refractivity contribution < 1.29 is 36.9 Å². The first kappa shape index (κ1) is 16.4. The molecule has 2 aliphatic carbocycles. The second-order valence-corrected chi connectivity index (χ2v) is 7.15. The molecule has 3 fully saturated rings. The quantitative estimate of drug-likeness (QED) is 0.727. The van der Waals surface area contributed by atoms with E-state index in [4.69, 9.17) is 0 Å². The van der Waals surface area contributed by atoms with Crippen LogP contribution in [0.5, 0.6) is 0 Å². The molecule has 3 rings (SSSR count). The van der Waals surface area contributed by atoms with Crippen LogP contribution in [0.2, 0.25) is 0 Å². The van der Waals surface area contributed by atoms with E-state index in [-0.39, 0.29) is 24.2 Å². The van der Waals surface area contributed by atoms with Crippen molar-refractivity contribution in [3.05, 3.63) is 0 Å². The minimum Gasteiger partial charge on any atom is -0.381 e. The predicted molar refractivity (Wildman–Crippen MR) is 64.9 cm³/mol. The molecular weight excluding hydrogens is 311 g/mol. The van der Waals surface area contributed by atoms with Crippen molar-refractivity contribution in [2.45, 2.75) is 50.2 Å². The molecule has 128 valence electrons. The van der Waals surface area contributed by atoms with Gasteiger partial charge in [-0.3, -0.25) is 0 Å². The molecule has 7 atom stereocenters. The van der Waals surface area contributed by atoms with Gasteiger partial charge in [-0.1, -0.05) is 13.8 Å². The summed E-state index contributed by atoms with van der Waals surface area (Å²) in [7, 11) is 0. The number of alkyl halides is 5. The third kappa shape index (κ3) is 1.66. The first-order valence-electron chi connectivity index (χ1n) is 7.40. The van der Waals surface area contributed by atoms with E-state index >= 15 is 0 Å². The second-order valence-electron chi connectivity index (χ2n) is 7.15. The van der Waals surface area contributed by atoms with Gasteiger partial charge in [0.15, 0.2) is 5.60 Å². The number of hydrogen-bond acceptors (Lipinski definition) is 3. The summed E-state index contributed by atoms with van der Waals surface area (Å²) in [5.74, 6) is -10.3. The van der Waals surface area contributed by atoms with E-state index in [0.29, 0.717) is 12.3 Å². The molecule has 22 heavy (non-hydrogen) atoms. The van der Waals surface area contributed by atoms with Crippen LogP contribution in [0.15, 0.2) is 0 Å². The molecule has 1 aliphatic heterocycles. The summed E-state index contributed by atoms with van der Waals surface area (Å²) < 4.78 is 71.3. The van der Waals surface area contributed by atoms with Crippen LogP contribution in [0.4, 0.5) is 22.0 Å². The summed E-state index contributed by atoms with van der Waals surface area (Å²) in [4.78, 5) is 0. The molecule has 8 heteroatoms. The van der Waals surface area contributed by atoms with Gasteiger partial charge in [0.25, 0.3) is 0 Å². The Hall–Kier alpha value is -0.470. The van der Waals surface area contributed by atoms with Gasteiger partial charge >= 0.3 is 17.9 Å². The highest BCUT2D eigenvalue weighted by Gasteiger charge is 2.84. The summed E-state index contributed by atoms with van der Waals surface area (Å²) in [6.45, 7) is 2.64. The van der Waals surface area contributed by atoms with E-state index in [1.54, 1.807) is 0 Å². The molecule has 2 bridgehead atoms. The van der Waals surface area contributed by atoms with Crippen molar-refractivity contribution in [1.29, 1.82) is 0 Å². The highest BCUT2D eigenvalue weighted by molar-refractivity contribution is 5.17. The highest BCUT2D eigenvalue weighted by atomic mass is 19.4. The zero-order valence-corrected chi connectivity index (χ0v) is 12.2. The average molecular weight is 330 g/mol. The number of rotatable bonds is 1. The molecular formula is C14H19F5O3. The number of aliphatic hydroxyl groups is 2. The van der Waals surface area contributed by atoms with Crippen LogP contribution in [-0.2, 0) is 4.74 Å². The molecule has 0 amide bonds. The Labute approximate surface area is 124 Å². The largest absolute Gasteiger partial charge is 0.449 e. The van der Waals surface area contributed by atoms with E-state index in [1.165, 1.54) is 0 Å². The molecule has 2 N–H and O–H groups in total. The van der Waals surface area contributed by atoms with Crippen LogP contribution in [-0.4, -0.2) is 40.3 Å². The Morgan fingerprint density at radius 1 is 1.05 bits per heavy atom. The zero-order chi connectivity index (χ0) is 16.7. The fourth-order valence-electron chi connectivity index (χ4n) is 4.78. The first-order chi connectivity index (χ1) is 9.87. The SMILES string of the molecule is CC1C2CC(C1C)C(C1(O)COC(O)(C(F)(F)F)C1(F)F)C2. The molecule has 0 aromatic heterocycles. The Kier molecular flexibility index (Phi) is 3.23. The molecule has 7 unspecified atom stereocenters. The van der Waals surface area contributed by atoms with E-state index in [1.807, 2.05) is 13.8 Å². The van der Waals surface area contributed by atoms with Gasteiger partial charge < -0.3 is 14.9 Å². The standard InChI is InChI=1S/C14H19F5O3/c1-6-7(2)9-3-8(6)4-10(9)11(20)5-22-13(21,12(11,15)16)14(17,18)19/h6-10,20-21H,3-5H2,1-2H3. The van der Waals surface area contributed by atoms with Crippen LogP contribution in [0, 0.1) is 29.6 Å². The molecule has 0 spiro atoms. The zero-order valence-electron chi connectivity index (χ0n) is 12.2. The van der Waals surface area contributed by atoms with Crippen molar-refractivity contribution in [3.63, 3.8) is 0 Å². The smallest absolute Gasteiger partial charge is 0.381 e. The number of hydrogen-bond donors (Lipinski definition) is 2. The lowest BCUT2D eigenvalue weighted by atomic mass is 9.67. The Balaban J connectivity index is 1.96. The maximum Gasteiger partial charge on any atom is 0.449 e. The van der Waals surface area contributed by atoms with E-state index in [2.05, 4.69) is 4.74 Å². The van der Waals surface area contributed by atoms with Crippen LogP contribution in [0.25, 0.3) is 0 Å². The molecule has 1 heterocycles. The molecule has 2 saturated carbocycles. The maximum absolute atomic E-state index is 14.4. The van der Waals surface area contributed by atoms with Gasteiger partial charge in [-0.2, -0.15) is 22.0 Å². The fraction of sp³-hybridized carbons (Fsp3) is 1.00. The highest BCUT2D eigenvalue weighted by Crippen LogP contribution is 2.64. The lowest BCUT2D eigenvalue weighted by Crippen LogP contribution is -2.66. The van der Waals surface area contributed by atoms with Crippen molar-refractivity contribution in [1.82, 2.24) is 0 Å². The van der Waals surface area contributed by atoms with E-state index in [9.17, 15) is 32.2 Å². The Bertz CT molecular complexity index is 480. The summed E-state index contributed by atoms with van der Waals surface area (Å²) in [6, 6.07) is 0. The summed E-state index contributed by atoms with van der Waals surface area (Å²) >= 11 is 0. The molecule has 3 nitrogen and oxygen atoms in total. The fourth-order valence-corrected chi connectivity index (χ4v) is 4.78. The average Bonchev–Trinajstić information content (AvgIpc) is 2.99. The van der Waals surface area contributed by atoms with Crippen molar-refractivity contribution >= 4 is 0 Å². The van der Waals surface area contributed by atoms with Gasteiger partial charge in [0.05, 0.1) is 6.61 Å². The van der Waals surface area contributed by atoms with E-state index < -0.39 is 36.0 Å². The molecule has 1 saturated heterocycles. The monoisotopic (exact) mass is 330 g/mol. The molecule has 3 aliphatic rings. The first-order valence-corrected chi connectivity index (χ1v) is 7.40. The lowest BCUT2D eigenvalue weighted by molar-refractivity contribution is -0.412. The van der Waals surface area contributed by atoms with Crippen LogP contribution >= 0.6 is 0 Å². The van der Waals surface area contributed by atoms with Crippen molar-refractivity contribution in [2.24, 2.45) is 29.6 Å². The van der Waals surface area contributed by atoms with E-state index in [0.717, 1.165) is 0 Å². The predicted octanol–water partition coefficient (Wildman–Crippen LogP) is 2.56. The normalized spacial score (nSPS) is 54.1. The topological polar surface area (TPSA) is 49.7 Å². The van der Waals surface area contributed by atoms with Gasteiger partial charge in [0.2, 0.25) is 0 Å². The Morgan fingerprint density at radius 2 is 1.64 bits per heavy atom. The number of fused-ring (bicyclic) bond motifs is 2. The minimum absolute atomic E-state index is 0.0446. The molecule has 0 radical (unpaired) electrons. The van der Waals surface area contributed by atoms with Gasteiger partial charge in [0, 0.05) is 0 Å². The molecule has 0 aromatic carbocycles. The van der Waals surface area contributed by atoms with Gasteiger partial charge in [0.1, 0.15) is 0 Å². The summed E-state index contributed by atoms with van der Waals surface area (Å²) in [6.07, 6.45) is -4.83. The van der Waals surface area contributed by atoms with Crippen LogP contribution < -0.4 is 0 Å². The van der Waals surface area contributed by atoms with Gasteiger partial charge in [-0.15, -0.1) is 0 Å². The van der Waals surface area contributed by atoms with Gasteiger partial charge in [-0.25, -0.2) is 0 Å². The van der Waals surface area contributed by atoms with Crippen LogP contribution in [0.1, 0.15) is 26.7 Å². The third-order valence-electron chi connectivity index (χ3n) is 6.36. The van der Waals surface area contributed by atoms with Crippen molar-refractivity contribution in [2.75, 3.05) is 6.61 Å². The molecule has 0 aromatic rings. The van der Waals surface area contributed by atoms with Crippen molar-refractivity contribution in [3.8, 4) is 0 Å². The third-order valence-corrected chi connectivity index (χ3v) is 6.36. The number of ether oxygens (including phenoxy) is 1. The lowest BCUT2D eigenvalue weighted by Gasteiger charge is -2.43. The minimum atomic E-state index is -5.68. The summed E-state index contributed by atoms with van der Waals surface area (Å²) in [5.41, 5.74) is -2.99. The Morgan fingerprint density at radius 3 is 2.05 bits per heavy atom. The number of halogens is 5. The second kappa shape index (κ2) is 4.33. The summed E-state index contributed by atoms with van der Waals surface area (Å²) in [5, 5.41) is 19.8. The van der Waals surface area contributed by atoms with Gasteiger partial charge in [-0.05, 0) is 42.4 Å².